The molecule has 4 rings (SSSR count). The molecular weight excluding hydrogens is 384 g/mol. The Kier molecular flexibility index (Phi) is 4.80. The summed E-state index contributed by atoms with van der Waals surface area (Å²) in [4.78, 5) is 32.8. The van der Waals surface area contributed by atoms with Crippen LogP contribution in [0.5, 0.6) is 0 Å². The van der Waals surface area contributed by atoms with E-state index in [2.05, 4.69) is 4.98 Å². The third kappa shape index (κ3) is 3.25. The normalized spacial score (nSPS) is 16.6. The number of benzene rings is 2. The zero-order valence-electron chi connectivity index (χ0n) is 16.3. The van der Waals surface area contributed by atoms with E-state index in [1.54, 1.807) is 6.92 Å². The van der Waals surface area contributed by atoms with E-state index in [4.69, 9.17) is 0 Å². The summed E-state index contributed by atoms with van der Waals surface area (Å²) >= 11 is 1.27. The second-order valence-corrected chi connectivity index (χ2v) is 8.27. The van der Waals surface area contributed by atoms with Crippen molar-refractivity contribution in [2.24, 2.45) is 0 Å². The van der Waals surface area contributed by atoms with Gasteiger partial charge >= 0.3 is 0 Å². The van der Waals surface area contributed by atoms with Crippen LogP contribution in [0, 0.1) is 20.8 Å². The summed E-state index contributed by atoms with van der Waals surface area (Å²) in [6, 6.07) is 16.0. The molecule has 2 aromatic carbocycles. The van der Waals surface area contributed by atoms with Gasteiger partial charge in [-0.15, -0.1) is 11.3 Å². The Balaban J connectivity index is 1.88. The number of nitrogens with zero attached hydrogens (tertiary/aromatic N) is 2. The van der Waals surface area contributed by atoms with E-state index in [0.717, 1.165) is 16.1 Å². The van der Waals surface area contributed by atoms with E-state index in [-0.39, 0.29) is 11.4 Å². The van der Waals surface area contributed by atoms with Crippen LogP contribution >= 0.6 is 11.3 Å². The van der Waals surface area contributed by atoms with Crippen LogP contribution < -0.4 is 4.90 Å². The highest BCUT2D eigenvalue weighted by molar-refractivity contribution is 7.14. The molecule has 0 saturated heterocycles. The fourth-order valence-electron chi connectivity index (χ4n) is 3.62. The number of aromatic nitrogens is 1. The third-order valence-corrected chi connectivity index (χ3v) is 6.06. The van der Waals surface area contributed by atoms with E-state index < -0.39 is 17.7 Å². The van der Waals surface area contributed by atoms with E-state index in [0.29, 0.717) is 16.3 Å². The van der Waals surface area contributed by atoms with Gasteiger partial charge in [0.25, 0.3) is 5.91 Å². The third-order valence-electron chi connectivity index (χ3n) is 4.99. The molecule has 1 aliphatic rings. The maximum absolute atomic E-state index is 13.4. The van der Waals surface area contributed by atoms with Crippen molar-refractivity contribution >= 4 is 28.7 Å². The lowest BCUT2D eigenvalue weighted by Gasteiger charge is -2.27. The topological polar surface area (TPSA) is 70.5 Å². The van der Waals surface area contributed by atoms with Crippen molar-refractivity contribution in [2.45, 2.75) is 26.8 Å². The first-order valence-corrected chi connectivity index (χ1v) is 10.1. The molecule has 1 unspecified atom stereocenters. The van der Waals surface area contributed by atoms with Gasteiger partial charge in [0.05, 0.1) is 27.2 Å². The Morgan fingerprint density at radius 1 is 1.03 bits per heavy atom. The molecule has 0 saturated carbocycles. The Labute approximate surface area is 173 Å². The predicted molar refractivity (Wildman–Crippen MR) is 113 cm³/mol. The molecule has 29 heavy (non-hydrogen) atoms. The lowest BCUT2D eigenvalue weighted by Crippen LogP contribution is -2.31. The first-order chi connectivity index (χ1) is 13.9. The van der Waals surface area contributed by atoms with Crippen molar-refractivity contribution in [2.75, 3.05) is 4.90 Å². The van der Waals surface area contributed by atoms with Gasteiger partial charge in [0.1, 0.15) is 0 Å². The number of hydrogen-bond donors (Lipinski definition) is 1. The van der Waals surface area contributed by atoms with Crippen molar-refractivity contribution in [3.8, 4) is 0 Å². The van der Waals surface area contributed by atoms with Crippen LogP contribution in [0.15, 0.2) is 65.9 Å². The van der Waals surface area contributed by atoms with Crippen LogP contribution in [-0.2, 0) is 4.79 Å². The van der Waals surface area contributed by atoms with Crippen molar-refractivity contribution < 1.29 is 14.7 Å². The van der Waals surface area contributed by atoms with Crippen LogP contribution in [0.4, 0.5) is 5.69 Å². The SMILES string of the molecule is Cc1ccc(N2C(=O)C(O)=C(C(=O)c3sc(C)nc3C)C2c2ccccc2)cc1. The molecule has 1 atom stereocenters. The van der Waals surface area contributed by atoms with Crippen LogP contribution in [0.2, 0.25) is 0 Å². The number of ketones is 1. The van der Waals surface area contributed by atoms with Gasteiger partial charge < -0.3 is 5.11 Å². The fourth-order valence-corrected chi connectivity index (χ4v) is 4.50. The average molecular weight is 404 g/mol. The molecule has 146 valence electrons. The van der Waals surface area contributed by atoms with Gasteiger partial charge in [-0.1, -0.05) is 48.0 Å². The minimum Gasteiger partial charge on any atom is -0.503 e. The zero-order chi connectivity index (χ0) is 20.7. The summed E-state index contributed by atoms with van der Waals surface area (Å²) in [7, 11) is 0. The van der Waals surface area contributed by atoms with Gasteiger partial charge in [-0.2, -0.15) is 0 Å². The second-order valence-electron chi connectivity index (χ2n) is 7.06. The fraction of sp³-hybridized carbons (Fsp3) is 0.174. The molecule has 0 spiro atoms. The largest absolute Gasteiger partial charge is 0.503 e. The lowest BCUT2D eigenvalue weighted by atomic mass is 9.95. The summed E-state index contributed by atoms with van der Waals surface area (Å²) in [6.45, 7) is 5.56. The number of carbonyl (C=O) groups is 2. The molecule has 3 aromatic rings. The summed E-state index contributed by atoms with van der Waals surface area (Å²) in [5.74, 6) is -1.44. The van der Waals surface area contributed by atoms with Crippen LogP contribution in [-0.4, -0.2) is 21.8 Å². The summed E-state index contributed by atoms with van der Waals surface area (Å²) in [5, 5.41) is 11.5. The molecule has 2 heterocycles. The van der Waals surface area contributed by atoms with Gasteiger partial charge in [-0.3, -0.25) is 14.5 Å². The number of aliphatic hydroxyl groups excluding tert-OH is 1. The quantitative estimate of drug-likeness (QED) is 0.631. The molecule has 5 nitrogen and oxygen atoms in total. The van der Waals surface area contributed by atoms with Gasteiger partial charge in [-0.05, 0) is 38.5 Å². The average Bonchev–Trinajstić information content (AvgIpc) is 3.19. The van der Waals surface area contributed by atoms with E-state index in [9.17, 15) is 14.7 Å². The monoisotopic (exact) mass is 404 g/mol. The molecule has 6 heteroatoms. The van der Waals surface area contributed by atoms with Crippen molar-refractivity contribution in [1.82, 2.24) is 4.98 Å². The Bertz CT molecular complexity index is 1130. The molecule has 0 radical (unpaired) electrons. The first kappa shape index (κ1) is 19.1. The smallest absolute Gasteiger partial charge is 0.294 e. The number of thiazole rings is 1. The Morgan fingerprint density at radius 2 is 1.69 bits per heavy atom. The lowest BCUT2D eigenvalue weighted by molar-refractivity contribution is -0.117. The Morgan fingerprint density at radius 3 is 2.28 bits per heavy atom. The summed E-state index contributed by atoms with van der Waals surface area (Å²) < 4.78 is 0. The predicted octanol–water partition coefficient (Wildman–Crippen LogP) is 4.85. The molecule has 0 aliphatic carbocycles. The van der Waals surface area contributed by atoms with Gasteiger partial charge in [0.2, 0.25) is 5.78 Å². The van der Waals surface area contributed by atoms with Crippen LogP contribution in [0.1, 0.15) is 37.5 Å². The molecule has 1 amide bonds. The molecule has 1 aliphatic heterocycles. The molecule has 0 bridgehead atoms. The molecule has 1 aromatic heterocycles. The first-order valence-electron chi connectivity index (χ1n) is 9.25. The Hall–Kier alpha value is -3.25. The zero-order valence-corrected chi connectivity index (χ0v) is 17.2. The second kappa shape index (κ2) is 7.29. The van der Waals surface area contributed by atoms with Crippen molar-refractivity contribution in [1.29, 1.82) is 0 Å². The van der Waals surface area contributed by atoms with Gasteiger partial charge in [-0.25, -0.2) is 4.98 Å². The molecular formula is C23H20N2O3S. The van der Waals surface area contributed by atoms with Crippen LogP contribution in [0.25, 0.3) is 0 Å². The molecule has 1 N–H and O–H groups in total. The van der Waals surface area contributed by atoms with Crippen molar-refractivity contribution in [3.63, 3.8) is 0 Å². The number of aryl methyl sites for hydroxylation is 3. The van der Waals surface area contributed by atoms with E-state index >= 15 is 0 Å². The minimum absolute atomic E-state index is 0.0912. The number of amides is 1. The van der Waals surface area contributed by atoms with E-state index in [1.807, 2.05) is 68.4 Å². The standard InChI is InChI=1S/C23H20N2O3S/c1-13-9-11-17(12-10-13)25-19(16-7-5-4-6-8-16)18(21(27)23(25)28)20(26)22-14(2)24-15(3)29-22/h4-12,19,27H,1-3H3. The number of rotatable bonds is 4. The van der Waals surface area contributed by atoms with Gasteiger partial charge in [0.15, 0.2) is 5.76 Å². The summed E-state index contributed by atoms with van der Waals surface area (Å²) in [5.41, 5.74) is 3.13. The van der Waals surface area contributed by atoms with Crippen molar-refractivity contribution in [3.05, 3.63) is 92.6 Å². The maximum atomic E-state index is 13.4. The number of hydrogen-bond acceptors (Lipinski definition) is 5. The maximum Gasteiger partial charge on any atom is 0.294 e. The minimum atomic E-state index is -0.708. The number of anilines is 1. The van der Waals surface area contributed by atoms with Crippen LogP contribution in [0.3, 0.4) is 0 Å². The summed E-state index contributed by atoms with van der Waals surface area (Å²) in [6.07, 6.45) is 0. The highest BCUT2D eigenvalue weighted by atomic mass is 32.1. The number of carbonyl (C=O) groups excluding carboxylic acids is 2. The van der Waals surface area contributed by atoms with E-state index in [1.165, 1.54) is 16.2 Å². The molecule has 0 fully saturated rings. The highest BCUT2D eigenvalue weighted by Crippen LogP contribution is 2.42. The van der Waals surface area contributed by atoms with Gasteiger partial charge in [0, 0.05) is 5.69 Å². The number of aliphatic hydroxyl groups is 1. The number of Topliss-reactive ketones (excluding diaryl/α,β-unsaturated/α-hetero) is 1. The highest BCUT2D eigenvalue weighted by Gasteiger charge is 2.45.